The third-order valence-corrected chi connectivity index (χ3v) is 14.4. The minimum atomic E-state index is -0.840. The Bertz CT molecular complexity index is 1020. The van der Waals surface area contributed by atoms with Gasteiger partial charge in [-0.15, -0.1) is 0 Å². The molecule has 0 spiro atoms. The molecule has 2 atom stereocenters. The van der Waals surface area contributed by atoms with E-state index < -0.39 is 12.1 Å². The van der Waals surface area contributed by atoms with Crippen molar-refractivity contribution in [2.45, 2.75) is 353 Å². The maximum absolute atomic E-state index is 12.5. The van der Waals surface area contributed by atoms with Gasteiger partial charge < -0.3 is 15.5 Å². The molecule has 0 fully saturated rings. The number of amides is 1. The zero-order valence-corrected chi connectivity index (χ0v) is 45.7. The number of allylic oxidation sites excluding steroid dienone is 5. The number of aliphatic hydroxyl groups is 2. The predicted molar refractivity (Wildman–Crippen MR) is 299 cm³/mol. The van der Waals surface area contributed by atoms with E-state index in [2.05, 4.69) is 43.5 Å². The number of aliphatic hydroxyl groups excluding tert-OH is 2. The van der Waals surface area contributed by atoms with Gasteiger partial charge in [0.25, 0.3) is 0 Å². The van der Waals surface area contributed by atoms with Crippen molar-refractivity contribution < 1.29 is 15.0 Å². The standard InChI is InChI=1S/C63H121NO3/c1-3-5-7-9-11-13-15-17-19-21-23-25-27-29-31-33-34-36-38-40-42-44-46-48-50-52-54-56-58-62(66)61(60-65)64-63(67)59-57-55-53-51-49-47-45-43-41-39-37-35-32-30-28-26-24-22-20-18-16-14-12-10-8-6-4-2/h16,18,22,24,56,58,61-62,65-66H,3-15,17,19-21,23,25-55,57,59-60H2,1-2H3,(H,64,67)/b18-16-,24-22-,58-56+. The fourth-order valence-electron chi connectivity index (χ4n) is 9.68. The summed E-state index contributed by atoms with van der Waals surface area (Å²) < 4.78 is 0. The van der Waals surface area contributed by atoms with E-state index in [0.717, 1.165) is 32.1 Å². The normalized spacial score (nSPS) is 13.0. The highest BCUT2D eigenvalue weighted by molar-refractivity contribution is 5.76. The number of hydrogen-bond acceptors (Lipinski definition) is 3. The highest BCUT2D eigenvalue weighted by Gasteiger charge is 2.18. The third kappa shape index (κ3) is 55.4. The second-order valence-electron chi connectivity index (χ2n) is 21.1. The van der Waals surface area contributed by atoms with Crippen LogP contribution in [0.4, 0.5) is 0 Å². The molecule has 0 aliphatic carbocycles. The van der Waals surface area contributed by atoms with Gasteiger partial charge in [-0.1, -0.05) is 320 Å². The molecule has 0 radical (unpaired) electrons. The molecule has 4 nitrogen and oxygen atoms in total. The summed E-state index contributed by atoms with van der Waals surface area (Å²) >= 11 is 0. The lowest BCUT2D eigenvalue weighted by Crippen LogP contribution is -2.45. The van der Waals surface area contributed by atoms with Crippen LogP contribution in [0.1, 0.15) is 341 Å². The third-order valence-electron chi connectivity index (χ3n) is 14.4. The van der Waals surface area contributed by atoms with Crippen LogP contribution in [0.25, 0.3) is 0 Å². The molecule has 0 aromatic heterocycles. The van der Waals surface area contributed by atoms with Gasteiger partial charge in [0.2, 0.25) is 5.91 Å². The first-order valence-corrected chi connectivity index (χ1v) is 30.7. The van der Waals surface area contributed by atoms with Crippen LogP contribution in [-0.2, 0) is 4.79 Å². The quantitative estimate of drug-likeness (QED) is 0.0420. The first-order chi connectivity index (χ1) is 33.2. The van der Waals surface area contributed by atoms with Crippen LogP contribution in [0.15, 0.2) is 36.5 Å². The Morgan fingerprint density at radius 2 is 0.612 bits per heavy atom. The summed E-state index contributed by atoms with van der Waals surface area (Å²) in [4.78, 5) is 12.5. The Balaban J connectivity index is 3.46. The van der Waals surface area contributed by atoms with Crippen LogP contribution in [0.2, 0.25) is 0 Å². The Hall–Kier alpha value is -1.39. The molecule has 2 unspecified atom stereocenters. The maximum Gasteiger partial charge on any atom is 0.220 e. The summed E-state index contributed by atoms with van der Waals surface area (Å²) in [6, 6.07) is -0.623. The van der Waals surface area contributed by atoms with E-state index in [1.54, 1.807) is 6.08 Å². The molecule has 4 heteroatoms. The summed E-state index contributed by atoms with van der Waals surface area (Å²) in [7, 11) is 0. The van der Waals surface area contributed by atoms with Crippen LogP contribution >= 0.6 is 0 Å². The predicted octanol–water partition coefficient (Wildman–Crippen LogP) is 20.4. The Labute approximate surface area is 421 Å². The van der Waals surface area contributed by atoms with Gasteiger partial charge in [0.05, 0.1) is 18.8 Å². The van der Waals surface area contributed by atoms with Crippen molar-refractivity contribution in [3.63, 3.8) is 0 Å². The lowest BCUT2D eigenvalue weighted by molar-refractivity contribution is -0.123. The smallest absolute Gasteiger partial charge is 0.220 e. The molecule has 0 rings (SSSR count). The van der Waals surface area contributed by atoms with Gasteiger partial charge in [-0.2, -0.15) is 0 Å². The van der Waals surface area contributed by atoms with Crippen molar-refractivity contribution in [1.82, 2.24) is 5.32 Å². The molecule has 0 heterocycles. The van der Waals surface area contributed by atoms with E-state index in [0.29, 0.717) is 6.42 Å². The Morgan fingerprint density at radius 3 is 0.896 bits per heavy atom. The molecule has 0 aromatic carbocycles. The van der Waals surface area contributed by atoms with Gasteiger partial charge >= 0.3 is 0 Å². The second-order valence-corrected chi connectivity index (χ2v) is 21.1. The molecular formula is C63H121NO3. The minimum absolute atomic E-state index is 0.0588. The van der Waals surface area contributed by atoms with Crippen molar-refractivity contribution >= 4 is 5.91 Å². The zero-order chi connectivity index (χ0) is 48.5. The van der Waals surface area contributed by atoms with E-state index in [1.165, 1.54) is 289 Å². The van der Waals surface area contributed by atoms with Crippen LogP contribution in [0.3, 0.4) is 0 Å². The van der Waals surface area contributed by atoms with Gasteiger partial charge in [0.15, 0.2) is 0 Å². The fourth-order valence-corrected chi connectivity index (χ4v) is 9.68. The molecular weight excluding hydrogens is 819 g/mol. The molecule has 0 aliphatic heterocycles. The first-order valence-electron chi connectivity index (χ1n) is 30.7. The second kappa shape index (κ2) is 58.9. The van der Waals surface area contributed by atoms with E-state index in [4.69, 9.17) is 0 Å². The number of nitrogens with one attached hydrogen (secondary N) is 1. The van der Waals surface area contributed by atoms with E-state index in [-0.39, 0.29) is 12.5 Å². The lowest BCUT2D eigenvalue weighted by Gasteiger charge is -2.20. The number of unbranched alkanes of at least 4 members (excludes halogenated alkanes) is 46. The molecule has 1 amide bonds. The number of rotatable bonds is 57. The van der Waals surface area contributed by atoms with Gasteiger partial charge in [-0.3, -0.25) is 4.79 Å². The van der Waals surface area contributed by atoms with Crippen molar-refractivity contribution in [2.75, 3.05) is 6.61 Å². The van der Waals surface area contributed by atoms with Crippen LogP contribution in [0, 0.1) is 0 Å². The first kappa shape index (κ1) is 65.6. The van der Waals surface area contributed by atoms with Gasteiger partial charge in [-0.05, 0) is 51.4 Å². The monoisotopic (exact) mass is 940 g/mol. The maximum atomic E-state index is 12.5. The topological polar surface area (TPSA) is 69.6 Å². The van der Waals surface area contributed by atoms with E-state index >= 15 is 0 Å². The van der Waals surface area contributed by atoms with Gasteiger partial charge in [-0.25, -0.2) is 0 Å². The molecule has 0 aromatic rings. The van der Waals surface area contributed by atoms with E-state index in [1.807, 2.05) is 6.08 Å². The number of carbonyl (C=O) groups is 1. The summed E-state index contributed by atoms with van der Waals surface area (Å²) in [5.74, 6) is -0.0588. The molecule has 3 N–H and O–H groups in total. The molecule has 396 valence electrons. The van der Waals surface area contributed by atoms with Gasteiger partial charge in [0, 0.05) is 6.42 Å². The fraction of sp³-hybridized carbons (Fsp3) is 0.889. The summed E-state index contributed by atoms with van der Waals surface area (Å²) in [5, 5.41) is 23.2. The molecule has 0 aliphatic rings. The number of carbonyl (C=O) groups excluding carboxylic acids is 1. The Morgan fingerprint density at radius 1 is 0.358 bits per heavy atom. The molecule has 0 saturated heterocycles. The van der Waals surface area contributed by atoms with E-state index in [9.17, 15) is 15.0 Å². The molecule has 67 heavy (non-hydrogen) atoms. The van der Waals surface area contributed by atoms with Crippen molar-refractivity contribution in [1.29, 1.82) is 0 Å². The van der Waals surface area contributed by atoms with Gasteiger partial charge in [0.1, 0.15) is 0 Å². The van der Waals surface area contributed by atoms with Crippen molar-refractivity contribution in [3.05, 3.63) is 36.5 Å². The SMILES string of the molecule is CCCCCCC/C=C\C/C=C\CCCCCCCCCCCCCCCCCC(=O)NC(CO)C(O)/C=C/CCCCCCCCCCCCCCCCCCCCCCCCCCCC. The van der Waals surface area contributed by atoms with Crippen molar-refractivity contribution in [3.8, 4) is 0 Å². The summed E-state index contributed by atoms with van der Waals surface area (Å²) in [6.45, 7) is 4.34. The minimum Gasteiger partial charge on any atom is -0.394 e. The molecule has 0 bridgehead atoms. The highest BCUT2D eigenvalue weighted by atomic mass is 16.3. The lowest BCUT2D eigenvalue weighted by atomic mass is 10.0. The highest BCUT2D eigenvalue weighted by Crippen LogP contribution is 2.18. The average molecular weight is 941 g/mol. The molecule has 0 saturated carbocycles. The average Bonchev–Trinajstić information content (AvgIpc) is 3.33. The Kier molecular flexibility index (Phi) is 57.7. The van der Waals surface area contributed by atoms with Crippen LogP contribution < -0.4 is 5.32 Å². The summed E-state index contributed by atoms with van der Waals surface area (Å²) in [5.41, 5.74) is 0. The van der Waals surface area contributed by atoms with Crippen molar-refractivity contribution in [2.24, 2.45) is 0 Å². The summed E-state index contributed by atoms with van der Waals surface area (Å²) in [6.07, 6.45) is 80.4. The van der Waals surface area contributed by atoms with Crippen LogP contribution in [0.5, 0.6) is 0 Å². The van der Waals surface area contributed by atoms with Crippen LogP contribution in [-0.4, -0.2) is 34.9 Å². The zero-order valence-electron chi connectivity index (χ0n) is 45.7. The number of hydrogen-bond donors (Lipinski definition) is 3. The largest absolute Gasteiger partial charge is 0.394 e.